The molecule has 1 aliphatic heterocycles. The van der Waals surface area contributed by atoms with E-state index in [1.54, 1.807) is 13.8 Å². The van der Waals surface area contributed by atoms with Crippen molar-refractivity contribution in [3.63, 3.8) is 0 Å². The Bertz CT molecular complexity index is 491. The highest BCUT2D eigenvalue weighted by Gasteiger charge is 2.38. The standard InChI is InChI=1S/C17H26N2O2/c1-5-18(4)14-10-8-13(9-11-14)16(20)19-12-6-7-15(19)17(2,3)21/h8-11,15,21H,5-7,12H2,1-4H3. The van der Waals surface area contributed by atoms with Crippen LogP contribution in [0, 0.1) is 0 Å². The molecule has 21 heavy (non-hydrogen) atoms. The highest BCUT2D eigenvalue weighted by molar-refractivity contribution is 5.95. The van der Waals surface area contributed by atoms with Crippen LogP contribution in [0.25, 0.3) is 0 Å². The summed E-state index contributed by atoms with van der Waals surface area (Å²) in [6.45, 7) is 7.31. The average Bonchev–Trinajstić information content (AvgIpc) is 2.95. The minimum absolute atomic E-state index is 0.0188. The van der Waals surface area contributed by atoms with E-state index >= 15 is 0 Å². The molecule has 4 nitrogen and oxygen atoms in total. The van der Waals surface area contributed by atoms with E-state index in [2.05, 4.69) is 11.8 Å². The van der Waals surface area contributed by atoms with Crippen LogP contribution in [0.3, 0.4) is 0 Å². The Hall–Kier alpha value is -1.55. The van der Waals surface area contributed by atoms with E-state index in [9.17, 15) is 9.90 Å². The van der Waals surface area contributed by atoms with Crippen molar-refractivity contribution in [3.05, 3.63) is 29.8 Å². The Kier molecular flexibility index (Phi) is 4.57. The van der Waals surface area contributed by atoms with Gasteiger partial charge in [-0.3, -0.25) is 4.79 Å². The SMILES string of the molecule is CCN(C)c1ccc(C(=O)N2CCCC2C(C)(C)O)cc1. The smallest absolute Gasteiger partial charge is 0.254 e. The number of carbonyl (C=O) groups is 1. The minimum Gasteiger partial charge on any atom is -0.388 e. The molecule has 1 fully saturated rings. The van der Waals surface area contributed by atoms with E-state index < -0.39 is 5.60 Å². The summed E-state index contributed by atoms with van der Waals surface area (Å²) in [4.78, 5) is 16.6. The zero-order chi connectivity index (χ0) is 15.6. The highest BCUT2D eigenvalue weighted by Crippen LogP contribution is 2.28. The normalized spacial score (nSPS) is 18.9. The molecule has 0 aliphatic carbocycles. The quantitative estimate of drug-likeness (QED) is 0.926. The van der Waals surface area contributed by atoms with Crippen LogP contribution in [-0.4, -0.2) is 47.7 Å². The first-order valence-electron chi connectivity index (χ1n) is 7.69. The maximum Gasteiger partial charge on any atom is 0.254 e. The largest absolute Gasteiger partial charge is 0.388 e. The molecule has 2 rings (SSSR count). The number of carbonyl (C=O) groups excluding carboxylic acids is 1. The van der Waals surface area contributed by atoms with E-state index in [1.807, 2.05) is 36.2 Å². The Balaban J connectivity index is 2.16. The summed E-state index contributed by atoms with van der Waals surface area (Å²) in [7, 11) is 2.03. The topological polar surface area (TPSA) is 43.8 Å². The molecule has 0 saturated carbocycles. The highest BCUT2D eigenvalue weighted by atomic mass is 16.3. The van der Waals surface area contributed by atoms with E-state index in [0.717, 1.165) is 31.6 Å². The molecule has 1 unspecified atom stereocenters. The molecule has 1 heterocycles. The van der Waals surface area contributed by atoms with Gasteiger partial charge in [0.25, 0.3) is 5.91 Å². The number of benzene rings is 1. The van der Waals surface area contributed by atoms with E-state index in [4.69, 9.17) is 0 Å². The minimum atomic E-state index is -0.853. The number of hydrogen-bond acceptors (Lipinski definition) is 3. The van der Waals surface area contributed by atoms with Gasteiger partial charge in [-0.2, -0.15) is 0 Å². The van der Waals surface area contributed by atoms with Crippen LogP contribution in [0.15, 0.2) is 24.3 Å². The number of amides is 1. The first-order chi connectivity index (χ1) is 9.84. The van der Waals surface area contributed by atoms with Crippen molar-refractivity contribution in [2.24, 2.45) is 0 Å². The molecule has 1 saturated heterocycles. The molecule has 4 heteroatoms. The number of rotatable bonds is 4. The summed E-state index contributed by atoms with van der Waals surface area (Å²) < 4.78 is 0. The zero-order valence-corrected chi connectivity index (χ0v) is 13.5. The fraction of sp³-hybridized carbons (Fsp3) is 0.588. The average molecular weight is 290 g/mol. The summed E-state index contributed by atoms with van der Waals surface area (Å²) in [5, 5.41) is 10.2. The number of nitrogens with zero attached hydrogens (tertiary/aromatic N) is 2. The monoisotopic (exact) mass is 290 g/mol. The van der Waals surface area contributed by atoms with Gasteiger partial charge in [0.1, 0.15) is 0 Å². The van der Waals surface area contributed by atoms with Crippen LogP contribution in [0.2, 0.25) is 0 Å². The van der Waals surface area contributed by atoms with Crippen molar-refractivity contribution in [3.8, 4) is 0 Å². The van der Waals surface area contributed by atoms with E-state index in [0.29, 0.717) is 5.56 Å². The van der Waals surface area contributed by atoms with Gasteiger partial charge >= 0.3 is 0 Å². The zero-order valence-electron chi connectivity index (χ0n) is 13.5. The predicted octanol–water partition coefficient (Wildman–Crippen LogP) is 2.52. The van der Waals surface area contributed by atoms with Gasteiger partial charge in [-0.25, -0.2) is 0 Å². The number of aliphatic hydroxyl groups is 1. The van der Waals surface area contributed by atoms with Crippen LogP contribution in [0.1, 0.15) is 44.0 Å². The molecule has 1 amide bonds. The second-order valence-electron chi connectivity index (χ2n) is 6.37. The van der Waals surface area contributed by atoms with Crippen LogP contribution in [-0.2, 0) is 0 Å². The third-order valence-electron chi connectivity index (χ3n) is 4.36. The van der Waals surface area contributed by atoms with Gasteiger partial charge in [0, 0.05) is 31.4 Å². The maximum atomic E-state index is 12.7. The van der Waals surface area contributed by atoms with Crippen LogP contribution in [0.4, 0.5) is 5.69 Å². The molecule has 1 aromatic carbocycles. The fourth-order valence-corrected chi connectivity index (χ4v) is 2.95. The fourth-order valence-electron chi connectivity index (χ4n) is 2.95. The predicted molar refractivity (Wildman–Crippen MR) is 85.7 cm³/mol. The summed E-state index contributed by atoms with van der Waals surface area (Å²) in [5.74, 6) is 0.0188. The second-order valence-corrected chi connectivity index (χ2v) is 6.37. The Morgan fingerprint density at radius 1 is 1.38 bits per heavy atom. The Morgan fingerprint density at radius 3 is 2.52 bits per heavy atom. The number of likely N-dealkylation sites (tertiary alicyclic amines) is 1. The summed E-state index contributed by atoms with van der Waals surface area (Å²) in [5.41, 5.74) is 0.947. The molecular weight excluding hydrogens is 264 g/mol. The molecule has 0 aromatic heterocycles. The Labute approximate surface area is 127 Å². The van der Waals surface area contributed by atoms with Crippen molar-refractivity contribution in [2.75, 3.05) is 25.0 Å². The molecule has 0 radical (unpaired) electrons. The molecule has 0 bridgehead atoms. The lowest BCUT2D eigenvalue weighted by Crippen LogP contribution is -2.48. The van der Waals surface area contributed by atoms with Crippen molar-refractivity contribution in [1.82, 2.24) is 4.90 Å². The lowest BCUT2D eigenvalue weighted by atomic mass is 9.96. The first kappa shape index (κ1) is 15.8. The van der Waals surface area contributed by atoms with Crippen LogP contribution >= 0.6 is 0 Å². The molecule has 0 spiro atoms. The number of hydrogen-bond donors (Lipinski definition) is 1. The van der Waals surface area contributed by atoms with Crippen LogP contribution < -0.4 is 4.90 Å². The van der Waals surface area contributed by atoms with Crippen molar-refractivity contribution >= 4 is 11.6 Å². The summed E-state index contributed by atoms with van der Waals surface area (Å²) in [6.07, 6.45) is 1.82. The Morgan fingerprint density at radius 2 is 2.00 bits per heavy atom. The van der Waals surface area contributed by atoms with Crippen molar-refractivity contribution < 1.29 is 9.90 Å². The molecule has 1 N–H and O–H groups in total. The van der Waals surface area contributed by atoms with Gasteiger partial charge in [-0.05, 0) is 57.9 Å². The summed E-state index contributed by atoms with van der Waals surface area (Å²) >= 11 is 0. The lowest BCUT2D eigenvalue weighted by molar-refractivity contribution is 0.000337. The van der Waals surface area contributed by atoms with Crippen molar-refractivity contribution in [1.29, 1.82) is 0 Å². The first-order valence-corrected chi connectivity index (χ1v) is 7.69. The molecule has 1 atom stereocenters. The third-order valence-corrected chi connectivity index (χ3v) is 4.36. The van der Waals surface area contributed by atoms with Gasteiger partial charge in [-0.1, -0.05) is 0 Å². The van der Waals surface area contributed by atoms with Crippen LogP contribution in [0.5, 0.6) is 0 Å². The van der Waals surface area contributed by atoms with Gasteiger partial charge in [0.15, 0.2) is 0 Å². The van der Waals surface area contributed by atoms with Gasteiger partial charge in [-0.15, -0.1) is 0 Å². The third kappa shape index (κ3) is 3.38. The second kappa shape index (κ2) is 6.06. The van der Waals surface area contributed by atoms with Crippen molar-refractivity contribution in [2.45, 2.75) is 45.3 Å². The molecule has 1 aromatic rings. The van der Waals surface area contributed by atoms with E-state index in [-0.39, 0.29) is 11.9 Å². The van der Waals surface area contributed by atoms with E-state index in [1.165, 1.54) is 0 Å². The molecule has 116 valence electrons. The maximum absolute atomic E-state index is 12.7. The molecular formula is C17H26N2O2. The van der Waals surface area contributed by atoms with Gasteiger partial charge in [0.05, 0.1) is 11.6 Å². The lowest BCUT2D eigenvalue weighted by Gasteiger charge is -2.34. The van der Waals surface area contributed by atoms with Gasteiger partial charge in [0.2, 0.25) is 0 Å². The van der Waals surface area contributed by atoms with Gasteiger partial charge < -0.3 is 14.9 Å². The molecule has 1 aliphatic rings. The number of anilines is 1. The summed E-state index contributed by atoms with van der Waals surface area (Å²) in [6, 6.07) is 7.62.